The fourth-order valence-electron chi connectivity index (χ4n) is 3.85. The number of hydrogen-bond donors (Lipinski definition) is 1. The molecule has 5 heteroatoms. The van der Waals surface area contributed by atoms with E-state index in [0.29, 0.717) is 6.04 Å². The molecule has 4 rings (SSSR count). The molecule has 1 N–H and O–H groups in total. The Hall–Kier alpha value is -1.10. The van der Waals surface area contributed by atoms with Crippen LogP contribution in [0.3, 0.4) is 0 Å². The molecule has 1 amide bonds. The van der Waals surface area contributed by atoms with Crippen LogP contribution >= 0.6 is 11.6 Å². The summed E-state index contributed by atoms with van der Waals surface area (Å²) in [6.07, 6.45) is 4.61. The van der Waals surface area contributed by atoms with Crippen molar-refractivity contribution in [3.8, 4) is 0 Å². The lowest BCUT2D eigenvalue weighted by atomic mass is 9.91. The summed E-state index contributed by atoms with van der Waals surface area (Å²) >= 11 is 5.94. The Morgan fingerprint density at radius 3 is 2.74 bits per heavy atom. The highest BCUT2D eigenvalue weighted by Gasteiger charge is 2.45. The van der Waals surface area contributed by atoms with Crippen LogP contribution in [0.1, 0.15) is 31.2 Å². The van der Waals surface area contributed by atoms with Gasteiger partial charge in [0.15, 0.2) is 0 Å². The first-order valence-electron chi connectivity index (χ1n) is 8.60. The van der Waals surface area contributed by atoms with E-state index in [1.165, 1.54) is 12.0 Å². The van der Waals surface area contributed by atoms with Crippen molar-refractivity contribution in [2.45, 2.75) is 50.5 Å². The molecule has 3 atom stereocenters. The van der Waals surface area contributed by atoms with Gasteiger partial charge in [-0.3, -0.25) is 9.69 Å². The van der Waals surface area contributed by atoms with Crippen molar-refractivity contribution in [1.29, 1.82) is 0 Å². The fraction of sp³-hybridized carbons (Fsp3) is 0.611. The molecule has 3 aliphatic rings. The number of hydrogen-bond acceptors (Lipinski definition) is 3. The topological polar surface area (TPSA) is 41.6 Å². The second-order valence-electron chi connectivity index (χ2n) is 7.10. The largest absolute Gasteiger partial charge is 0.371 e. The Morgan fingerprint density at radius 2 is 2.04 bits per heavy atom. The zero-order chi connectivity index (χ0) is 15.8. The molecular formula is C18H23ClN2O2. The number of nitrogens with zero attached hydrogens (tertiary/aromatic N) is 1. The molecule has 0 unspecified atom stereocenters. The summed E-state index contributed by atoms with van der Waals surface area (Å²) in [7, 11) is 0. The molecule has 2 heterocycles. The van der Waals surface area contributed by atoms with Crippen molar-refractivity contribution in [1.82, 2.24) is 10.2 Å². The molecule has 23 heavy (non-hydrogen) atoms. The third-order valence-electron chi connectivity index (χ3n) is 5.34. The van der Waals surface area contributed by atoms with Gasteiger partial charge >= 0.3 is 0 Å². The standard InChI is InChI=1S/C18H23ClN2O2/c19-13-6-4-12(5-7-13)9-21-10-15-8-16(17(11-21)23-15)18(22)20-14-2-1-3-14/h4-7,14-17H,1-3,8-11H2,(H,20,22)/t15-,16-,17+/m0/s1. The predicted octanol–water partition coefficient (Wildman–Crippen LogP) is 2.60. The van der Waals surface area contributed by atoms with Crippen LogP contribution in [-0.2, 0) is 16.1 Å². The Labute approximate surface area is 142 Å². The van der Waals surface area contributed by atoms with Crippen LogP contribution < -0.4 is 5.32 Å². The van der Waals surface area contributed by atoms with Crippen molar-refractivity contribution >= 4 is 17.5 Å². The van der Waals surface area contributed by atoms with Crippen molar-refractivity contribution in [3.05, 3.63) is 34.9 Å². The van der Waals surface area contributed by atoms with Gasteiger partial charge < -0.3 is 10.1 Å². The minimum Gasteiger partial charge on any atom is -0.371 e. The number of amides is 1. The predicted molar refractivity (Wildman–Crippen MR) is 89.3 cm³/mol. The molecule has 0 radical (unpaired) electrons. The summed E-state index contributed by atoms with van der Waals surface area (Å²) in [6.45, 7) is 2.64. The number of rotatable bonds is 4. The molecule has 124 valence electrons. The van der Waals surface area contributed by atoms with Gasteiger partial charge in [-0.1, -0.05) is 23.7 Å². The van der Waals surface area contributed by atoms with Gasteiger partial charge in [0.1, 0.15) is 0 Å². The average molecular weight is 335 g/mol. The van der Waals surface area contributed by atoms with Gasteiger partial charge in [-0.05, 0) is 43.4 Å². The van der Waals surface area contributed by atoms with Crippen LogP contribution in [0.15, 0.2) is 24.3 Å². The third kappa shape index (κ3) is 3.39. The van der Waals surface area contributed by atoms with Crippen LogP contribution in [0.2, 0.25) is 5.02 Å². The van der Waals surface area contributed by atoms with Gasteiger partial charge in [0.05, 0.1) is 18.1 Å². The summed E-state index contributed by atoms with van der Waals surface area (Å²) < 4.78 is 6.03. The van der Waals surface area contributed by atoms with Gasteiger partial charge in [-0.2, -0.15) is 0 Å². The third-order valence-corrected chi connectivity index (χ3v) is 5.59. The molecule has 1 aromatic carbocycles. The minimum absolute atomic E-state index is 0.0239. The van der Waals surface area contributed by atoms with E-state index in [1.807, 2.05) is 12.1 Å². The summed E-state index contributed by atoms with van der Waals surface area (Å²) in [5, 5.41) is 3.96. The van der Waals surface area contributed by atoms with E-state index >= 15 is 0 Å². The highest BCUT2D eigenvalue weighted by molar-refractivity contribution is 6.30. The van der Waals surface area contributed by atoms with Gasteiger partial charge in [-0.25, -0.2) is 0 Å². The van der Waals surface area contributed by atoms with Crippen molar-refractivity contribution in [2.24, 2.45) is 5.92 Å². The number of likely N-dealkylation sites (tertiary alicyclic amines) is 1. The first-order chi connectivity index (χ1) is 11.2. The maximum Gasteiger partial charge on any atom is 0.226 e. The number of nitrogens with one attached hydrogen (secondary N) is 1. The van der Waals surface area contributed by atoms with E-state index in [0.717, 1.165) is 43.9 Å². The lowest BCUT2D eigenvalue weighted by molar-refractivity contribution is -0.129. The molecule has 1 aliphatic carbocycles. The number of halogens is 1. The van der Waals surface area contributed by atoms with Gasteiger partial charge in [0, 0.05) is 30.7 Å². The monoisotopic (exact) mass is 334 g/mol. The van der Waals surface area contributed by atoms with Crippen molar-refractivity contribution in [3.63, 3.8) is 0 Å². The van der Waals surface area contributed by atoms with E-state index in [2.05, 4.69) is 22.3 Å². The van der Waals surface area contributed by atoms with Crippen LogP contribution in [-0.4, -0.2) is 42.1 Å². The normalized spacial score (nSPS) is 30.9. The highest BCUT2D eigenvalue weighted by Crippen LogP contribution is 2.33. The smallest absolute Gasteiger partial charge is 0.226 e. The average Bonchev–Trinajstić information content (AvgIpc) is 2.80. The Balaban J connectivity index is 1.35. The van der Waals surface area contributed by atoms with Gasteiger partial charge in [0.25, 0.3) is 0 Å². The molecule has 2 saturated heterocycles. The van der Waals surface area contributed by atoms with Crippen LogP contribution in [0.4, 0.5) is 0 Å². The SMILES string of the molecule is O=C(NC1CCC1)[C@H]1C[C@H]2CN(Cc3ccc(Cl)cc3)C[C@H]1O2. The van der Waals surface area contributed by atoms with Gasteiger partial charge in [0.2, 0.25) is 5.91 Å². The van der Waals surface area contributed by atoms with E-state index < -0.39 is 0 Å². The summed E-state index contributed by atoms with van der Waals surface area (Å²) in [5.41, 5.74) is 1.26. The highest BCUT2D eigenvalue weighted by atomic mass is 35.5. The molecule has 0 aromatic heterocycles. The molecule has 2 bridgehead atoms. The second kappa shape index (κ2) is 6.42. The summed E-state index contributed by atoms with van der Waals surface area (Å²) in [4.78, 5) is 14.9. The van der Waals surface area contributed by atoms with E-state index in [-0.39, 0.29) is 24.0 Å². The Morgan fingerprint density at radius 1 is 1.26 bits per heavy atom. The van der Waals surface area contributed by atoms with E-state index in [1.54, 1.807) is 0 Å². The Bertz CT molecular complexity index is 573. The van der Waals surface area contributed by atoms with Crippen LogP contribution in [0, 0.1) is 5.92 Å². The lowest BCUT2D eigenvalue weighted by Crippen LogP contribution is -2.47. The van der Waals surface area contributed by atoms with Gasteiger partial charge in [-0.15, -0.1) is 0 Å². The fourth-order valence-corrected chi connectivity index (χ4v) is 3.98. The number of ether oxygens (including phenoxy) is 1. The van der Waals surface area contributed by atoms with E-state index in [4.69, 9.17) is 16.3 Å². The molecule has 1 saturated carbocycles. The van der Waals surface area contributed by atoms with E-state index in [9.17, 15) is 4.79 Å². The molecular weight excluding hydrogens is 312 g/mol. The first kappa shape index (κ1) is 15.4. The maximum atomic E-state index is 12.5. The van der Waals surface area contributed by atoms with Crippen LogP contribution in [0.25, 0.3) is 0 Å². The second-order valence-corrected chi connectivity index (χ2v) is 7.53. The van der Waals surface area contributed by atoms with Crippen molar-refractivity contribution in [2.75, 3.05) is 13.1 Å². The summed E-state index contributed by atoms with van der Waals surface area (Å²) in [6, 6.07) is 8.41. The lowest BCUT2D eigenvalue weighted by Gasteiger charge is -2.33. The zero-order valence-electron chi connectivity index (χ0n) is 13.2. The maximum absolute atomic E-state index is 12.5. The number of carbonyl (C=O) groups excluding carboxylic acids is 1. The number of carbonyl (C=O) groups is 1. The first-order valence-corrected chi connectivity index (χ1v) is 8.98. The molecule has 0 spiro atoms. The quantitative estimate of drug-likeness (QED) is 0.920. The summed E-state index contributed by atoms with van der Waals surface area (Å²) in [5.74, 6) is 0.228. The number of fused-ring (bicyclic) bond motifs is 2. The number of benzene rings is 1. The molecule has 4 nitrogen and oxygen atoms in total. The molecule has 1 aromatic rings. The van der Waals surface area contributed by atoms with Crippen LogP contribution in [0.5, 0.6) is 0 Å². The number of morpholine rings is 1. The molecule has 2 aliphatic heterocycles. The minimum atomic E-state index is 0.0239. The molecule has 3 fully saturated rings. The Kier molecular flexibility index (Phi) is 4.31. The zero-order valence-corrected chi connectivity index (χ0v) is 14.0. The van der Waals surface area contributed by atoms with Crippen molar-refractivity contribution < 1.29 is 9.53 Å².